The molecule has 0 amide bonds. The zero-order valence-electron chi connectivity index (χ0n) is 5.47. The van der Waals surface area contributed by atoms with E-state index in [0.29, 0.717) is 11.3 Å². The maximum atomic E-state index is 8.59. The van der Waals surface area contributed by atoms with Gasteiger partial charge in [-0.1, -0.05) is 0 Å². The molecule has 0 bridgehead atoms. The summed E-state index contributed by atoms with van der Waals surface area (Å²) in [7, 11) is 0. The number of hydrogen-bond acceptors (Lipinski definition) is 4. The van der Waals surface area contributed by atoms with Crippen molar-refractivity contribution < 1.29 is 0 Å². The van der Waals surface area contributed by atoms with Gasteiger partial charge in [-0.05, 0) is 0 Å². The summed E-state index contributed by atoms with van der Waals surface area (Å²) in [5.41, 5.74) is 1.02. The fourth-order valence-corrected chi connectivity index (χ4v) is 0.837. The average Bonchev–Trinajstić information content (AvgIpc) is 2.50. The van der Waals surface area contributed by atoms with E-state index in [1.54, 1.807) is 10.6 Å². The van der Waals surface area contributed by atoms with Gasteiger partial charge >= 0.3 is 0 Å². The first kappa shape index (κ1) is 5.80. The fourth-order valence-electron chi connectivity index (χ4n) is 0.837. The van der Waals surface area contributed by atoms with Crippen molar-refractivity contribution in [2.45, 2.75) is 0 Å². The van der Waals surface area contributed by atoms with Crippen LogP contribution in [0.25, 0.3) is 5.65 Å². The summed E-state index contributed by atoms with van der Waals surface area (Å²) < 4.78 is 1.58. The van der Waals surface area contributed by atoms with Crippen LogP contribution in [0.15, 0.2) is 18.7 Å². The summed E-state index contributed by atoms with van der Waals surface area (Å²) in [5.74, 6) is 0. The second kappa shape index (κ2) is 2.02. The van der Waals surface area contributed by atoms with Gasteiger partial charge in [-0.2, -0.15) is 5.26 Å². The first-order valence-corrected chi connectivity index (χ1v) is 2.95. The molecule has 0 N–H and O–H groups in total. The number of fused-ring (bicyclic) bond motifs is 1. The third-order valence-corrected chi connectivity index (χ3v) is 1.34. The molecule has 0 aliphatic heterocycles. The van der Waals surface area contributed by atoms with Crippen LogP contribution >= 0.6 is 0 Å². The molecule has 0 aliphatic rings. The lowest BCUT2D eigenvalue weighted by Gasteiger charge is -1.90. The molecule has 2 aromatic rings. The van der Waals surface area contributed by atoms with Crippen LogP contribution in [0.3, 0.4) is 0 Å². The Kier molecular flexibility index (Phi) is 1.07. The molecule has 0 spiro atoms. The monoisotopic (exact) mass is 145 g/mol. The van der Waals surface area contributed by atoms with E-state index in [1.807, 2.05) is 6.07 Å². The quantitative estimate of drug-likeness (QED) is 0.523. The lowest BCUT2D eigenvalue weighted by Crippen LogP contribution is -1.91. The summed E-state index contributed by atoms with van der Waals surface area (Å²) in [5, 5.41) is 15.9. The van der Waals surface area contributed by atoms with Gasteiger partial charge in [0.1, 0.15) is 18.1 Å². The minimum absolute atomic E-state index is 0.438. The highest BCUT2D eigenvalue weighted by Gasteiger charge is 1.98. The van der Waals surface area contributed by atoms with Crippen LogP contribution in [-0.2, 0) is 0 Å². The number of rotatable bonds is 0. The van der Waals surface area contributed by atoms with E-state index in [-0.39, 0.29) is 0 Å². The summed E-state index contributed by atoms with van der Waals surface area (Å²) in [6.45, 7) is 0. The van der Waals surface area contributed by atoms with Crippen molar-refractivity contribution in [1.29, 1.82) is 5.26 Å². The number of aromatic nitrogens is 4. The molecule has 5 heteroatoms. The normalized spacial score (nSPS) is 9.73. The molecule has 5 nitrogen and oxygen atoms in total. The molecule has 0 atom stereocenters. The topological polar surface area (TPSA) is 66.9 Å². The standard InChI is InChI=1S/C6H3N5/c7-1-5-2-8-3-6-10-9-4-11(5)6/h2-4H. The Hall–Kier alpha value is -1.96. The molecule has 0 saturated heterocycles. The fraction of sp³-hybridized carbons (Fsp3) is 0. The Bertz CT molecular complexity index is 424. The third kappa shape index (κ3) is 0.730. The molecule has 0 saturated carbocycles. The molecular weight excluding hydrogens is 142 g/mol. The first-order valence-electron chi connectivity index (χ1n) is 2.95. The molecule has 2 rings (SSSR count). The van der Waals surface area contributed by atoms with Gasteiger partial charge < -0.3 is 0 Å². The second-order valence-corrected chi connectivity index (χ2v) is 1.96. The highest BCUT2D eigenvalue weighted by molar-refractivity contribution is 5.37. The lowest BCUT2D eigenvalue weighted by molar-refractivity contribution is 1.08. The number of nitriles is 1. The van der Waals surface area contributed by atoms with Gasteiger partial charge in [-0.3, -0.25) is 9.38 Å². The molecule has 0 aromatic carbocycles. The van der Waals surface area contributed by atoms with Crippen molar-refractivity contribution in [1.82, 2.24) is 19.6 Å². The summed E-state index contributed by atoms with van der Waals surface area (Å²) in [6, 6.07) is 1.98. The minimum Gasteiger partial charge on any atom is -0.270 e. The van der Waals surface area contributed by atoms with Crippen molar-refractivity contribution >= 4 is 5.65 Å². The second-order valence-electron chi connectivity index (χ2n) is 1.96. The van der Waals surface area contributed by atoms with Gasteiger partial charge in [0.15, 0.2) is 5.65 Å². The largest absolute Gasteiger partial charge is 0.270 e. The first-order chi connectivity index (χ1) is 5.42. The predicted molar refractivity (Wildman–Crippen MR) is 35.5 cm³/mol. The van der Waals surface area contributed by atoms with Gasteiger partial charge in [0, 0.05) is 0 Å². The van der Waals surface area contributed by atoms with E-state index in [2.05, 4.69) is 15.2 Å². The van der Waals surface area contributed by atoms with Crippen LogP contribution in [0.5, 0.6) is 0 Å². The molecule has 2 aromatic heterocycles. The summed E-state index contributed by atoms with van der Waals surface area (Å²) >= 11 is 0. The van der Waals surface area contributed by atoms with Crippen molar-refractivity contribution in [3.05, 3.63) is 24.4 Å². The average molecular weight is 145 g/mol. The summed E-state index contributed by atoms with van der Waals surface area (Å²) in [6.07, 6.45) is 4.50. The maximum absolute atomic E-state index is 8.59. The minimum atomic E-state index is 0.438. The molecule has 52 valence electrons. The molecule has 0 fully saturated rings. The zero-order valence-corrected chi connectivity index (χ0v) is 5.47. The third-order valence-electron chi connectivity index (χ3n) is 1.34. The van der Waals surface area contributed by atoms with Crippen LogP contribution in [-0.4, -0.2) is 19.6 Å². The maximum Gasteiger partial charge on any atom is 0.180 e. The van der Waals surface area contributed by atoms with E-state index in [9.17, 15) is 0 Å². The van der Waals surface area contributed by atoms with Crippen LogP contribution in [0.1, 0.15) is 5.69 Å². The van der Waals surface area contributed by atoms with E-state index in [1.165, 1.54) is 12.5 Å². The van der Waals surface area contributed by atoms with Gasteiger partial charge in [-0.25, -0.2) is 0 Å². The van der Waals surface area contributed by atoms with E-state index >= 15 is 0 Å². The zero-order chi connectivity index (χ0) is 7.68. The van der Waals surface area contributed by atoms with E-state index in [4.69, 9.17) is 5.26 Å². The molecule has 0 radical (unpaired) electrons. The number of hydrogen-bond donors (Lipinski definition) is 0. The van der Waals surface area contributed by atoms with Crippen LogP contribution in [0.4, 0.5) is 0 Å². The molecule has 0 unspecified atom stereocenters. The lowest BCUT2D eigenvalue weighted by atomic mass is 10.5. The molecular formula is C6H3N5. The molecule has 2 heterocycles. The Morgan fingerprint density at radius 1 is 1.45 bits per heavy atom. The van der Waals surface area contributed by atoms with Gasteiger partial charge in [-0.15, -0.1) is 10.2 Å². The van der Waals surface area contributed by atoms with Crippen LogP contribution in [0.2, 0.25) is 0 Å². The van der Waals surface area contributed by atoms with Crippen LogP contribution in [0, 0.1) is 11.3 Å². The molecule has 11 heavy (non-hydrogen) atoms. The highest BCUT2D eigenvalue weighted by Crippen LogP contribution is 1.98. The van der Waals surface area contributed by atoms with Crippen molar-refractivity contribution in [3.8, 4) is 6.07 Å². The van der Waals surface area contributed by atoms with Gasteiger partial charge in [0.05, 0.1) is 12.4 Å². The number of nitrogens with zero attached hydrogens (tertiary/aromatic N) is 5. The highest BCUT2D eigenvalue weighted by atomic mass is 15.2. The smallest absolute Gasteiger partial charge is 0.180 e. The summed E-state index contributed by atoms with van der Waals surface area (Å²) in [4.78, 5) is 3.81. The van der Waals surface area contributed by atoms with Crippen LogP contribution < -0.4 is 0 Å². The van der Waals surface area contributed by atoms with E-state index < -0.39 is 0 Å². The molecule has 0 aliphatic carbocycles. The Balaban J connectivity index is 2.92. The van der Waals surface area contributed by atoms with Gasteiger partial charge in [0.2, 0.25) is 0 Å². The van der Waals surface area contributed by atoms with Crippen molar-refractivity contribution in [2.24, 2.45) is 0 Å². The Labute approximate surface area is 61.9 Å². The van der Waals surface area contributed by atoms with Crippen molar-refractivity contribution in [3.63, 3.8) is 0 Å². The Morgan fingerprint density at radius 3 is 3.18 bits per heavy atom. The van der Waals surface area contributed by atoms with Crippen molar-refractivity contribution in [2.75, 3.05) is 0 Å². The SMILES string of the molecule is N#Cc1cncc2nncn12. The van der Waals surface area contributed by atoms with E-state index in [0.717, 1.165) is 0 Å². The van der Waals surface area contributed by atoms with Gasteiger partial charge in [0.25, 0.3) is 0 Å². The Morgan fingerprint density at radius 2 is 2.36 bits per heavy atom. The predicted octanol–water partition coefficient (Wildman–Crippen LogP) is -0.00402.